The average Bonchev–Trinajstić information content (AvgIpc) is 3.01. The van der Waals surface area contributed by atoms with Crippen molar-refractivity contribution < 1.29 is 9.90 Å². The van der Waals surface area contributed by atoms with Gasteiger partial charge in [0.2, 0.25) is 0 Å². The molecule has 112 valence electrons. The van der Waals surface area contributed by atoms with Crippen molar-refractivity contribution in [3.63, 3.8) is 0 Å². The average molecular weight is 294 g/mol. The summed E-state index contributed by atoms with van der Waals surface area (Å²) in [4.78, 5) is 12.2. The van der Waals surface area contributed by atoms with E-state index in [0.717, 1.165) is 17.8 Å². The van der Waals surface area contributed by atoms with Crippen molar-refractivity contribution in [1.82, 2.24) is 10.4 Å². The van der Waals surface area contributed by atoms with Gasteiger partial charge in [0.1, 0.15) is 6.10 Å². The summed E-state index contributed by atoms with van der Waals surface area (Å²) in [5, 5.41) is 12.2. The number of nitrogens with zero attached hydrogens (tertiary/aromatic N) is 1. The van der Waals surface area contributed by atoms with E-state index in [4.69, 9.17) is 0 Å². The Morgan fingerprint density at radius 3 is 2.41 bits per heavy atom. The zero-order chi connectivity index (χ0) is 15.5. The number of likely N-dealkylation sites (N-methyl/N-ethyl adjacent to an activating group) is 1. The molecule has 0 fully saturated rings. The maximum absolute atomic E-state index is 12.2. The number of hydrazine groups is 1. The maximum Gasteiger partial charge on any atom is 0.195 e. The smallest absolute Gasteiger partial charge is 0.195 e. The number of rotatable bonds is 4. The Kier molecular flexibility index (Phi) is 4.04. The van der Waals surface area contributed by atoms with Crippen LogP contribution < -0.4 is 5.43 Å². The Morgan fingerprint density at radius 1 is 1.14 bits per heavy atom. The minimum Gasteiger partial charge on any atom is -0.380 e. The second-order valence-corrected chi connectivity index (χ2v) is 5.36. The molecule has 1 aliphatic heterocycles. The molecule has 1 atom stereocenters. The normalized spacial score (nSPS) is 16.0. The predicted molar refractivity (Wildman–Crippen MR) is 85.9 cm³/mol. The lowest BCUT2D eigenvalue weighted by atomic mass is 9.98. The number of Topliss-reactive ketones (excluding diaryl/α,β-unsaturated/α-hetero) is 1. The van der Waals surface area contributed by atoms with E-state index in [1.807, 2.05) is 30.3 Å². The zero-order valence-electron chi connectivity index (χ0n) is 12.4. The van der Waals surface area contributed by atoms with Crippen LogP contribution >= 0.6 is 0 Å². The maximum atomic E-state index is 12.2. The van der Waals surface area contributed by atoms with Gasteiger partial charge in [0.15, 0.2) is 5.78 Å². The quantitative estimate of drug-likeness (QED) is 0.850. The Morgan fingerprint density at radius 2 is 1.82 bits per heavy atom. The minimum absolute atomic E-state index is 0.286. The molecule has 1 aliphatic rings. The summed E-state index contributed by atoms with van der Waals surface area (Å²) in [7, 11) is 1.97. The van der Waals surface area contributed by atoms with E-state index in [-0.39, 0.29) is 5.78 Å². The lowest BCUT2D eigenvalue weighted by Gasteiger charge is -2.13. The van der Waals surface area contributed by atoms with Gasteiger partial charge in [0.05, 0.1) is 5.70 Å². The number of nitrogens with one attached hydrogen (secondary N) is 1. The highest BCUT2D eigenvalue weighted by Crippen LogP contribution is 2.22. The van der Waals surface area contributed by atoms with Crippen LogP contribution in [0.25, 0.3) is 5.70 Å². The molecular formula is C18H18N2O2. The fraction of sp³-hybridized carbons (Fsp3) is 0.167. The highest BCUT2D eigenvalue weighted by molar-refractivity contribution is 5.99. The van der Waals surface area contributed by atoms with Crippen LogP contribution in [0.2, 0.25) is 0 Å². The molecule has 2 aromatic rings. The van der Waals surface area contributed by atoms with Gasteiger partial charge >= 0.3 is 0 Å². The molecule has 0 saturated carbocycles. The summed E-state index contributed by atoms with van der Waals surface area (Å²) in [5.41, 5.74) is 6.42. The summed E-state index contributed by atoms with van der Waals surface area (Å²) in [6.45, 7) is 0.853. The third-order valence-corrected chi connectivity index (χ3v) is 3.72. The lowest BCUT2D eigenvalue weighted by Crippen LogP contribution is -2.26. The Bertz CT molecular complexity index is 693. The first kappa shape index (κ1) is 14.5. The Hall–Kier alpha value is -2.43. The lowest BCUT2D eigenvalue weighted by molar-refractivity contribution is 0.0747. The second-order valence-electron chi connectivity index (χ2n) is 5.36. The molecule has 3 rings (SSSR count). The molecule has 0 amide bonds. The standard InChI is InChI=1S/C18H18N2O2/c1-20-12-11-16(19-20)13-7-9-15(10-8-13)18(22)17(21)14-5-3-2-4-6-14/h2-11,18-19,22H,12H2,1H3. The zero-order valence-corrected chi connectivity index (χ0v) is 12.4. The topological polar surface area (TPSA) is 52.6 Å². The summed E-state index contributed by atoms with van der Waals surface area (Å²) in [6.07, 6.45) is 0.963. The third-order valence-electron chi connectivity index (χ3n) is 3.72. The summed E-state index contributed by atoms with van der Waals surface area (Å²) >= 11 is 0. The van der Waals surface area contributed by atoms with Crippen molar-refractivity contribution in [3.05, 3.63) is 77.4 Å². The molecular weight excluding hydrogens is 276 g/mol. The number of carbonyl (C=O) groups excluding carboxylic acids is 1. The summed E-state index contributed by atoms with van der Waals surface area (Å²) < 4.78 is 0. The molecule has 4 nitrogen and oxygen atoms in total. The molecule has 0 saturated heterocycles. The number of hydrogen-bond donors (Lipinski definition) is 2. The number of aliphatic hydroxyl groups excluding tert-OH is 1. The van der Waals surface area contributed by atoms with E-state index < -0.39 is 6.10 Å². The van der Waals surface area contributed by atoms with Gasteiger partial charge in [-0.1, -0.05) is 54.6 Å². The Balaban J connectivity index is 1.76. The SMILES string of the molecule is CN1CC=C(c2ccc(C(O)C(=O)c3ccccc3)cc2)N1. The van der Waals surface area contributed by atoms with Gasteiger partial charge in [0.25, 0.3) is 0 Å². The number of hydrogen-bond acceptors (Lipinski definition) is 4. The first-order valence-electron chi connectivity index (χ1n) is 7.21. The molecule has 22 heavy (non-hydrogen) atoms. The van der Waals surface area contributed by atoms with Crippen LogP contribution in [0.1, 0.15) is 27.6 Å². The van der Waals surface area contributed by atoms with Crippen molar-refractivity contribution in [1.29, 1.82) is 0 Å². The van der Waals surface area contributed by atoms with Crippen LogP contribution in [-0.2, 0) is 0 Å². The van der Waals surface area contributed by atoms with Crippen molar-refractivity contribution in [3.8, 4) is 0 Å². The number of aliphatic hydroxyl groups is 1. The number of benzene rings is 2. The second kappa shape index (κ2) is 6.13. The number of carbonyl (C=O) groups is 1. The fourth-order valence-electron chi connectivity index (χ4n) is 2.46. The van der Waals surface area contributed by atoms with Crippen LogP contribution in [0.5, 0.6) is 0 Å². The van der Waals surface area contributed by atoms with Crippen molar-refractivity contribution in [2.45, 2.75) is 6.10 Å². The van der Waals surface area contributed by atoms with Crippen LogP contribution in [0, 0.1) is 0 Å². The van der Waals surface area contributed by atoms with E-state index in [1.54, 1.807) is 36.4 Å². The van der Waals surface area contributed by atoms with Gasteiger partial charge in [-0.3, -0.25) is 4.79 Å². The molecule has 4 heteroatoms. The van der Waals surface area contributed by atoms with Crippen LogP contribution in [0.15, 0.2) is 60.7 Å². The van der Waals surface area contributed by atoms with E-state index >= 15 is 0 Å². The highest BCUT2D eigenvalue weighted by atomic mass is 16.3. The van der Waals surface area contributed by atoms with Crippen molar-refractivity contribution >= 4 is 11.5 Å². The molecule has 0 spiro atoms. The van der Waals surface area contributed by atoms with Crippen molar-refractivity contribution in [2.75, 3.05) is 13.6 Å². The first-order chi connectivity index (χ1) is 10.6. The molecule has 2 N–H and O–H groups in total. The summed E-state index contributed by atoms with van der Waals surface area (Å²) in [5.74, 6) is -0.286. The van der Waals surface area contributed by atoms with Crippen molar-refractivity contribution in [2.24, 2.45) is 0 Å². The molecule has 1 heterocycles. The van der Waals surface area contributed by atoms with Gasteiger partial charge in [0, 0.05) is 19.2 Å². The van der Waals surface area contributed by atoms with Crippen LogP contribution in [-0.4, -0.2) is 29.5 Å². The van der Waals surface area contributed by atoms with Gasteiger partial charge in [-0.05, 0) is 17.2 Å². The van der Waals surface area contributed by atoms with E-state index in [1.165, 1.54) is 0 Å². The predicted octanol–water partition coefficient (Wildman–Crippen LogP) is 2.39. The van der Waals surface area contributed by atoms with Gasteiger partial charge in [-0.2, -0.15) is 0 Å². The minimum atomic E-state index is -1.13. The fourth-order valence-corrected chi connectivity index (χ4v) is 2.46. The highest BCUT2D eigenvalue weighted by Gasteiger charge is 2.19. The molecule has 0 bridgehead atoms. The molecule has 1 unspecified atom stereocenters. The third kappa shape index (κ3) is 2.93. The monoisotopic (exact) mass is 294 g/mol. The summed E-state index contributed by atoms with van der Waals surface area (Å²) in [6, 6.07) is 16.3. The number of ketones is 1. The van der Waals surface area contributed by atoms with Gasteiger partial charge < -0.3 is 10.5 Å². The molecule has 0 radical (unpaired) electrons. The van der Waals surface area contributed by atoms with Gasteiger partial charge in [-0.15, -0.1) is 0 Å². The molecule has 2 aromatic carbocycles. The van der Waals surface area contributed by atoms with Crippen LogP contribution in [0.3, 0.4) is 0 Å². The van der Waals surface area contributed by atoms with Gasteiger partial charge in [-0.25, -0.2) is 5.01 Å². The molecule has 0 aliphatic carbocycles. The first-order valence-corrected chi connectivity index (χ1v) is 7.21. The van der Waals surface area contributed by atoms with E-state index in [0.29, 0.717) is 11.1 Å². The van der Waals surface area contributed by atoms with Crippen LogP contribution in [0.4, 0.5) is 0 Å². The van der Waals surface area contributed by atoms with E-state index in [2.05, 4.69) is 11.5 Å². The largest absolute Gasteiger partial charge is 0.380 e. The Labute approximate surface area is 129 Å². The molecule has 0 aromatic heterocycles. The van der Waals surface area contributed by atoms with E-state index in [9.17, 15) is 9.90 Å².